The molecule has 2 atom stereocenters. The monoisotopic (exact) mass is 309 g/mol. The normalized spacial score (nSPS) is 31.6. The van der Waals surface area contributed by atoms with Crippen LogP contribution in [0.3, 0.4) is 0 Å². The molecule has 2 heterocycles. The molecule has 1 aliphatic carbocycles. The molecule has 2 saturated heterocycles. The first kappa shape index (κ1) is 16.2. The molecule has 0 spiro atoms. The van der Waals surface area contributed by atoms with E-state index in [1.807, 2.05) is 4.90 Å². The van der Waals surface area contributed by atoms with Crippen LogP contribution < -0.4 is 0 Å². The first-order valence-electron chi connectivity index (χ1n) is 9.01. The van der Waals surface area contributed by atoms with Gasteiger partial charge >= 0.3 is 0 Å². The molecule has 22 heavy (non-hydrogen) atoms. The van der Waals surface area contributed by atoms with E-state index in [0.29, 0.717) is 19.8 Å². The Kier molecular flexibility index (Phi) is 5.71. The number of amides is 1. The predicted molar refractivity (Wildman–Crippen MR) is 86.8 cm³/mol. The van der Waals surface area contributed by atoms with Gasteiger partial charge < -0.3 is 14.5 Å². The Labute approximate surface area is 134 Å². The summed E-state index contributed by atoms with van der Waals surface area (Å²) >= 11 is 0. The van der Waals surface area contributed by atoms with E-state index < -0.39 is 0 Å². The van der Waals surface area contributed by atoms with Gasteiger partial charge in [0, 0.05) is 45.8 Å². The van der Waals surface area contributed by atoms with Crippen LogP contribution in [0.2, 0.25) is 0 Å². The Morgan fingerprint density at radius 1 is 1.00 bits per heavy atom. The molecule has 1 amide bonds. The summed E-state index contributed by atoms with van der Waals surface area (Å²) in [7, 11) is 0. The standard InChI is InChI=1S/C17H31N3O2/c1-15-2-3-16(12-15)13-18-4-6-19(7-5-18)14-17(21)20-8-10-22-11-9-20/h15-16H,2-14H2,1H3/t15-,16+/m1/s1. The molecule has 2 aliphatic heterocycles. The summed E-state index contributed by atoms with van der Waals surface area (Å²) in [5.74, 6) is 2.12. The number of rotatable bonds is 4. The van der Waals surface area contributed by atoms with Crippen molar-refractivity contribution in [3.05, 3.63) is 0 Å². The maximum atomic E-state index is 12.3. The number of carbonyl (C=O) groups excluding carboxylic acids is 1. The third kappa shape index (κ3) is 4.43. The number of ether oxygens (including phenoxy) is 1. The van der Waals surface area contributed by atoms with Crippen molar-refractivity contribution in [2.75, 3.05) is 65.6 Å². The van der Waals surface area contributed by atoms with Crippen LogP contribution in [0.15, 0.2) is 0 Å². The number of hydrogen-bond donors (Lipinski definition) is 0. The average Bonchev–Trinajstić information content (AvgIpc) is 2.95. The minimum Gasteiger partial charge on any atom is -0.378 e. The number of morpholine rings is 1. The zero-order valence-electron chi connectivity index (χ0n) is 14.0. The van der Waals surface area contributed by atoms with Crippen LogP contribution in [0, 0.1) is 11.8 Å². The van der Waals surface area contributed by atoms with E-state index in [1.54, 1.807) is 0 Å². The molecule has 5 nitrogen and oxygen atoms in total. The van der Waals surface area contributed by atoms with Gasteiger partial charge in [-0.2, -0.15) is 0 Å². The molecule has 0 bridgehead atoms. The second kappa shape index (κ2) is 7.75. The summed E-state index contributed by atoms with van der Waals surface area (Å²) in [5, 5.41) is 0. The summed E-state index contributed by atoms with van der Waals surface area (Å²) < 4.78 is 5.31. The molecule has 3 rings (SSSR count). The molecule has 3 aliphatic rings. The van der Waals surface area contributed by atoms with Crippen LogP contribution in [0.5, 0.6) is 0 Å². The maximum absolute atomic E-state index is 12.3. The van der Waals surface area contributed by atoms with Gasteiger partial charge in [0.1, 0.15) is 0 Å². The van der Waals surface area contributed by atoms with E-state index in [0.717, 1.165) is 51.1 Å². The lowest BCUT2D eigenvalue weighted by atomic mass is 10.1. The van der Waals surface area contributed by atoms with Crippen molar-refractivity contribution in [2.24, 2.45) is 11.8 Å². The first-order valence-corrected chi connectivity index (χ1v) is 9.01. The van der Waals surface area contributed by atoms with Crippen molar-refractivity contribution in [1.82, 2.24) is 14.7 Å². The largest absolute Gasteiger partial charge is 0.378 e. The summed E-state index contributed by atoms with van der Waals surface area (Å²) in [5.41, 5.74) is 0. The summed E-state index contributed by atoms with van der Waals surface area (Å²) in [6, 6.07) is 0. The van der Waals surface area contributed by atoms with Gasteiger partial charge in [-0.15, -0.1) is 0 Å². The lowest BCUT2D eigenvalue weighted by molar-refractivity contribution is -0.136. The van der Waals surface area contributed by atoms with Crippen LogP contribution in [0.25, 0.3) is 0 Å². The quantitative estimate of drug-likeness (QED) is 0.773. The molecular formula is C17H31N3O2. The smallest absolute Gasteiger partial charge is 0.236 e. The Balaban J connectivity index is 1.35. The van der Waals surface area contributed by atoms with Gasteiger partial charge in [0.05, 0.1) is 19.8 Å². The van der Waals surface area contributed by atoms with Crippen molar-refractivity contribution in [1.29, 1.82) is 0 Å². The van der Waals surface area contributed by atoms with E-state index in [2.05, 4.69) is 16.7 Å². The van der Waals surface area contributed by atoms with Crippen molar-refractivity contribution in [2.45, 2.75) is 26.2 Å². The molecule has 3 fully saturated rings. The van der Waals surface area contributed by atoms with Crippen LogP contribution >= 0.6 is 0 Å². The molecule has 5 heteroatoms. The van der Waals surface area contributed by atoms with E-state index in [9.17, 15) is 4.79 Å². The average molecular weight is 309 g/mol. The fraction of sp³-hybridized carbons (Fsp3) is 0.941. The third-order valence-corrected chi connectivity index (χ3v) is 5.51. The van der Waals surface area contributed by atoms with Crippen molar-refractivity contribution in [3.8, 4) is 0 Å². The Bertz CT molecular complexity index is 363. The SMILES string of the molecule is C[C@@H]1CC[C@H](CN2CCN(CC(=O)N3CCOCC3)CC2)C1. The lowest BCUT2D eigenvalue weighted by Crippen LogP contribution is -2.52. The second-order valence-corrected chi connectivity index (χ2v) is 7.35. The molecule has 0 aromatic heterocycles. The summed E-state index contributed by atoms with van der Waals surface area (Å²) in [6.07, 6.45) is 4.24. The van der Waals surface area contributed by atoms with Crippen molar-refractivity contribution >= 4 is 5.91 Å². The second-order valence-electron chi connectivity index (χ2n) is 7.35. The molecule has 0 N–H and O–H groups in total. The summed E-state index contributed by atoms with van der Waals surface area (Å²) in [6.45, 7) is 11.5. The van der Waals surface area contributed by atoms with Gasteiger partial charge in [-0.1, -0.05) is 13.3 Å². The fourth-order valence-electron chi connectivity index (χ4n) is 4.09. The van der Waals surface area contributed by atoms with Gasteiger partial charge in [0.2, 0.25) is 5.91 Å². The fourth-order valence-corrected chi connectivity index (χ4v) is 4.09. The van der Waals surface area contributed by atoms with Crippen LogP contribution in [0.1, 0.15) is 26.2 Å². The minimum atomic E-state index is 0.279. The van der Waals surface area contributed by atoms with E-state index >= 15 is 0 Å². The number of hydrogen-bond acceptors (Lipinski definition) is 4. The zero-order chi connectivity index (χ0) is 15.4. The topological polar surface area (TPSA) is 36.0 Å². The zero-order valence-corrected chi connectivity index (χ0v) is 14.0. The molecule has 0 aromatic rings. The van der Waals surface area contributed by atoms with E-state index in [-0.39, 0.29) is 5.91 Å². The summed E-state index contributed by atoms with van der Waals surface area (Å²) in [4.78, 5) is 19.2. The number of carbonyl (C=O) groups is 1. The Morgan fingerprint density at radius 3 is 2.32 bits per heavy atom. The Hall–Kier alpha value is -0.650. The molecule has 0 unspecified atom stereocenters. The predicted octanol–water partition coefficient (Wildman–Crippen LogP) is 0.899. The maximum Gasteiger partial charge on any atom is 0.236 e. The van der Waals surface area contributed by atoms with Gasteiger partial charge in [-0.25, -0.2) is 0 Å². The minimum absolute atomic E-state index is 0.279. The van der Waals surface area contributed by atoms with Crippen molar-refractivity contribution in [3.63, 3.8) is 0 Å². The molecular weight excluding hydrogens is 278 g/mol. The van der Waals surface area contributed by atoms with Gasteiger partial charge in [0.25, 0.3) is 0 Å². The molecule has 0 radical (unpaired) electrons. The van der Waals surface area contributed by atoms with Crippen LogP contribution in [-0.2, 0) is 9.53 Å². The molecule has 0 aromatic carbocycles. The third-order valence-electron chi connectivity index (χ3n) is 5.51. The lowest BCUT2D eigenvalue weighted by Gasteiger charge is -2.37. The van der Waals surface area contributed by atoms with Crippen molar-refractivity contribution < 1.29 is 9.53 Å². The first-order chi connectivity index (χ1) is 10.7. The molecule has 1 saturated carbocycles. The highest BCUT2D eigenvalue weighted by atomic mass is 16.5. The number of nitrogens with zero attached hydrogens (tertiary/aromatic N) is 3. The van der Waals surface area contributed by atoms with Crippen LogP contribution in [-0.4, -0.2) is 86.2 Å². The highest BCUT2D eigenvalue weighted by Crippen LogP contribution is 2.30. The highest BCUT2D eigenvalue weighted by molar-refractivity contribution is 5.78. The van der Waals surface area contributed by atoms with Crippen LogP contribution in [0.4, 0.5) is 0 Å². The van der Waals surface area contributed by atoms with Gasteiger partial charge in [-0.05, 0) is 24.7 Å². The number of piperazine rings is 1. The Morgan fingerprint density at radius 2 is 1.68 bits per heavy atom. The van der Waals surface area contributed by atoms with Gasteiger partial charge in [-0.3, -0.25) is 9.69 Å². The molecule has 126 valence electrons. The van der Waals surface area contributed by atoms with E-state index in [4.69, 9.17) is 4.74 Å². The van der Waals surface area contributed by atoms with E-state index in [1.165, 1.54) is 25.8 Å². The van der Waals surface area contributed by atoms with Gasteiger partial charge in [0.15, 0.2) is 0 Å². The highest BCUT2D eigenvalue weighted by Gasteiger charge is 2.26.